The fraction of sp³-hybridized carbons (Fsp3) is 0.143. The Morgan fingerprint density at radius 1 is 0.944 bits per heavy atom. The number of rotatable bonds is 4. The first-order chi connectivity index (χ1) is 8.66. The SMILES string of the molecule is Nc1cc(CSCc2ccccc2Cl)ccc1Cl. The van der Waals surface area contributed by atoms with Gasteiger partial charge in [-0.2, -0.15) is 11.8 Å². The van der Waals surface area contributed by atoms with Crippen LogP contribution in [0.1, 0.15) is 11.1 Å². The van der Waals surface area contributed by atoms with E-state index in [1.54, 1.807) is 11.8 Å². The summed E-state index contributed by atoms with van der Waals surface area (Å²) in [7, 11) is 0. The van der Waals surface area contributed by atoms with E-state index < -0.39 is 0 Å². The summed E-state index contributed by atoms with van der Waals surface area (Å²) in [5, 5.41) is 1.43. The predicted octanol–water partition coefficient (Wildman–Crippen LogP) is 5.01. The molecule has 2 aromatic carbocycles. The number of benzene rings is 2. The molecule has 94 valence electrons. The van der Waals surface area contributed by atoms with Crippen LogP contribution in [0.5, 0.6) is 0 Å². The third-order valence-electron chi connectivity index (χ3n) is 2.54. The molecule has 0 aliphatic rings. The highest BCUT2D eigenvalue weighted by atomic mass is 35.5. The van der Waals surface area contributed by atoms with Gasteiger partial charge >= 0.3 is 0 Å². The first-order valence-corrected chi connectivity index (χ1v) is 7.43. The molecule has 0 fully saturated rings. The Labute approximate surface area is 121 Å². The molecular formula is C14H13Cl2NS. The van der Waals surface area contributed by atoms with E-state index in [0.717, 1.165) is 22.1 Å². The zero-order valence-electron chi connectivity index (χ0n) is 9.70. The van der Waals surface area contributed by atoms with E-state index in [1.165, 1.54) is 5.56 Å². The van der Waals surface area contributed by atoms with Crippen molar-refractivity contribution in [2.24, 2.45) is 0 Å². The van der Waals surface area contributed by atoms with Crippen molar-refractivity contribution in [2.75, 3.05) is 5.73 Å². The predicted molar refractivity (Wildman–Crippen MR) is 82.3 cm³/mol. The number of nitrogens with two attached hydrogens (primary N) is 1. The fourth-order valence-electron chi connectivity index (χ4n) is 1.58. The summed E-state index contributed by atoms with van der Waals surface area (Å²) in [5.41, 5.74) is 8.73. The van der Waals surface area contributed by atoms with Crippen LogP contribution in [0.15, 0.2) is 42.5 Å². The van der Waals surface area contributed by atoms with Crippen LogP contribution >= 0.6 is 35.0 Å². The lowest BCUT2D eigenvalue weighted by atomic mass is 10.2. The zero-order valence-corrected chi connectivity index (χ0v) is 12.0. The van der Waals surface area contributed by atoms with E-state index in [1.807, 2.05) is 42.5 Å². The normalized spacial score (nSPS) is 10.6. The van der Waals surface area contributed by atoms with Gasteiger partial charge in [0.25, 0.3) is 0 Å². The number of hydrogen-bond acceptors (Lipinski definition) is 2. The molecule has 0 aromatic heterocycles. The molecule has 2 N–H and O–H groups in total. The second-order valence-corrected chi connectivity index (χ2v) is 5.74. The Balaban J connectivity index is 1.92. The van der Waals surface area contributed by atoms with Gasteiger partial charge in [-0.25, -0.2) is 0 Å². The Morgan fingerprint density at radius 2 is 1.72 bits per heavy atom. The van der Waals surface area contributed by atoms with Gasteiger partial charge in [0.15, 0.2) is 0 Å². The minimum absolute atomic E-state index is 0.606. The summed E-state index contributed by atoms with van der Waals surface area (Å²) in [4.78, 5) is 0. The van der Waals surface area contributed by atoms with Gasteiger partial charge in [-0.3, -0.25) is 0 Å². The molecule has 0 saturated carbocycles. The Morgan fingerprint density at radius 3 is 2.44 bits per heavy atom. The Hall–Kier alpha value is -0.830. The van der Waals surface area contributed by atoms with Gasteiger partial charge in [0.1, 0.15) is 0 Å². The van der Waals surface area contributed by atoms with Gasteiger partial charge in [-0.05, 0) is 29.3 Å². The molecule has 0 spiro atoms. The molecule has 0 heterocycles. The van der Waals surface area contributed by atoms with Gasteiger partial charge in [0.2, 0.25) is 0 Å². The summed E-state index contributed by atoms with van der Waals surface area (Å²) >= 11 is 13.8. The maximum Gasteiger partial charge on any atom is 0.0635 e. The summed E-state index contributed by atoms with van der Waals surface area (Å²) in [5.74, 6) is 1.79. The summed E-state index contributed by atoms with van der Waals surface area (Å²) in [6, 6.07) is 13.7. The lowest BCUT2D eigenvalue weighted by molar-refractivity contribution is 1.36. The van der Waals surface area contributed by atoms with Crippen molar-refractivity contribution in [3.63, 3.8) is 0 Å². The molecule has 0 aliphatic heterocycles. The van der Waals surface area contributed by atoms with Crippen LogP contribution in [0, 0.1) is 0 Å². The topological polar surface area (TPSA) is 26.0 Å². The highest BCUT2D eigenvalue weighted by Crippen LogP contribution is 2.25. The van der Waals surface area contributed by atoms with Gasteiger partial charge in [-0.1, -0.05) is 47.5 Å². The molecule has 2 rings (SSSR count). The van der Waals surface area contributed by atoms with Gasteiger partial charge in [0, 0.05) is 16.5 Å². The molecule has 1 nitrogen and oxygen atoms in total. The molecule has 0 radical (unpaired) electrons. The largest absolute Gasteiger partial charge is 0.398 e. The van der Waals surface area contributed by atoms with E-state index in [-0.39, 0.29) is 0 Å². The van der Waals surface area contributed by atoms with E-state index >= 15 is 0 Å². The molecule has 0 atom stereocenters. The van der Waals surface area contributed by atoms with Crippen molar-refractivity contribution in [3.8, 4) is 0 Å². The molecule has 0 saturated heterocycles. The van der Waals surface area contributed by atoms with E-state index in [9.17, 15) is 0 Å². The molecular weight excluding hydrogens is 285 g/mol. The van der Waals surface area contributed by atoms with Crippen molar-refractivity contribution in [2.45, 2.75) is 11.5 Å². The third kappa shape index (κ3) is 3.58. The summed E-state index contributed by atoms with van der Waals surface area (Å²) < 4.78 is 0. The fourth-order valence-corrected chi connectivity index (χ4v) is 2.97. The Bertz CT molecular complexity index is 543. The molecule has 2 aromatic rings. The monoisotopic (exact) mass is 297 g/mol. The van der Waals surface area contributed by atoms with Crippen LogP contribution < -0.4 is 5.73 Å². The average Bonchev–Trinajstić information content (AvgIpc) is 2.36. The van der Waals surface area contributed by atoms with Crippen molar-refractivity contribution < 1.29 is 0 Å². The number of thioether (sulfide) groups is 1. The minimum Gasteiger partial charge on any atom is -0.398 e. The quantitative estimate of drug-likeness (QED) is 0.803. The molecule has 18 heavy (non-hydrogen) atoms. The molecule has 0 aliphatic carbocycles. The second kappa shape index (κ2) is 6.37. The van der Waals surface area contributed by atoms with Gasteiger partial charge < -0.3 is 5.73 Å². The number of anilines is 1. The van der Waals surface area contributed by atoms with Crippen LogP contribution in [0.2, 0.25) is 10.0 Å². The molecule has 0 unspecified atom stereocenters. The molecule has 4 heteroatoms. The standard InChI is InChI=1S/C14H13Cl2NS/c15-12-4-2-1-3-11(12)9-18-8-10-5-6-13(16)14(17)7-10/h1-7H,8-9,17H2. The lowest BCUT2D eigenvalue weighted by Crippen LogP contribution is -1.89. The smallest absolute Gasteiger partial charge is 0.0635 e. The maximum absolute atomic E-state index is 6.10. The van der Waals surface area contributed by atoms with Crippen LogP contribution in [-0.4, -0.2) is 0 Å². The first kappa shape index (κ1) is 13.6. The van der Waals surface area contributed by atoms with E-state index in [0.29, 0.717) is 10.7 Å². The van der Waals surface area contributed by atoms with Gasteiger partial charge in [-0.15, -0.1) is 0 Å². The number of nitrogen functional groups attached to an aromatic ring is 1. The van der Waals surface area contributed by atoms with E-state index in [4.69, 9.17) is 28.9 Å². The van der Waals surface area contributed by atoms with Crippen molar-refractivity contribution in [1.82, 2.24) is 0 Å². The van der Waals surface area contributed by atoms with Crippen LogP contribution in [0.4, 0.5) is 5.69 Å². The third-order valence-corrected chi connectivity index (χ3v) is 4.31. The molecule has 0 bridgehead atoms. The molecule has 0 amide bonds. The highest BCUT2D eigenvalue weighted by Gasteiger charge is 2.01. The van der Waals surface area contributed by atoms with Crippen LogP contribution in [0.25, 0.3) is 0 Å². The van der Waals surface area contributed by atoms with Gasteiger partial charge in [0.05, 0.1) is 10.7 Å². The van der Waals surface area contributed by atoms with Crippen molar-refractivity contribution in [3.05, 3.63) is 63.6 Å². The maximum atomic E-state index is 6.10. The first-order valence-electron chi connectivity index (χ1n) is 5.52. The zero-order chi connectivity index (χ0) is 13.0. The summed E-state index contributed by atoms with van der Waals surface area (Å²) in [6.07, 6.45) is 0. The highest BCUT2D eigenvalue weighted by molar-refractivity contribution is 7.97. The number of hydrogen-bond donors (Lipinski definition) is 1. The lowest BCUT2D eigenvalue weighted by Gasteiger charge is -2.06. The van der Waals surface area contributed by atoms with E-state index in [2.05, 4.69) is 0 Å². The minimum atomic E-state index is 0.606. The van der Waals surface area contributed by atoms with Crippen LogP contribution in [-0.2, 0) is 11.5 Å². The Kier molecular flexibility index (Phi) is 4.81. The van der Waals surface area contributed by atoms with Crippen molar-refractivity contribution in [1.29, 1.82) is 0 Å². The number of halogens is 2. The average molecular weight is 298 g/mol. The summed E-state index contributed by atoms with van der Waals surface area (Å²) in [6.45, 7) is 0. The van der Waals surface area contributed by atoms with Crippen LogP contribution in [0.3, 0.4) is 0 Å². The van der Waals surface area contributed by atoms with Crippen molar-refractivity contribution >= 4 is 40.7 Å². The second-order valence-electron chi connectivity index (χ2n) is 3.94.